The molecule has 0 spiro atoms. The van der Waals surface area contributed by atoms with E-state index in [0.29, 0.717) is 0 Å². The molecule has 0 atom stereocenters. The highest BCUT2D eigenvalue weighted by Crippen LogP contribution is 2.20. The molecule has 1 aliphatic carbocycles. The van der Waals surface area contributed by atoms with Crippen molar-refractivity contribution in [3.63, 3.8) is 0 Å². The van der Waals surface area contributed by atoms with Gasteiger partial charge in [0, 0.05) is 23.7 Å². The smallest absolute Gasteiger partial charge is 0.335 e. The van der Waals surface area contributed by atoms with Crippen molar-refractivity contribution in [2.75, 3.05) is 0 Å². The van der Waals surface area contributed by atoms with E-state index in [2.05, 4.69) is 5.32 Å². The Hall–Kier alpha value is -2.44. The Labute approximate surface area is 121 Å². The van der Waals surface area contributed by atoms with E-state index in [9.17, 15) is 19.7 Å². The summed E-state index contributed by atoms with van der Waals surface area (Å²) in [5.41, 5.74) is -0.658. The zero-order valence-corrected chi connectivity index (χ0v) is 11.4. The molecule has 0 aromatic heterocycles. The van der Waals surface area contributed by atoms with Crippen molar-refractivity contribution < 1.29 is 19.6 Å². The molecule has 7 heteroatoms. The average molecular weight is 292 g/mol. The van der Waals surface area contributed by atoms with E-state index >= 15 is 0 Å². The van der Waals surface area contributed by atoms with Crippen LogP contribution in [0.25, 0.3) is 0 Å². The van der Waals surface area contributed by atoms with Gasteiger partial charge in [0.2, 0.25) is 0 Å². The number of nitro groups is 1. The molecule has 0 unspecified atom stereocenters. The van der Waals surface area contributed by atoms with E-state index in [1.165, 1.54) is 0 Å². The number of aromatic carboxylic acids is 1. The first-order valence-electron chi connectivity index (χ1n) is 6.81. The molecule has 0 radical (unpaired) electrons. The zero-order chi connectivity index (χ0) is 15.4. The number of carboxylic acid groups (broad SMARTS) is 1. The predicted octanol–water partition coefficient (Wildman–Crippen LogP) is 2.36. The summed E-state index contributed by atoms with van der Waals surface area (Å²) < 4.78 is 0. The number of hydrogen-bond acceptors (Lipinski definition) is 4. The van der Waals surface area contributed by atoms with Crippen LogP contribution in [0, 0.1) is 10.1 Å². The van der Waals surface area contributed by atoms with Crippen molar-refractivity contribution in [2.45, 2.75) is 38.1 Å². The van der Waals surface area contributed by atoms with Gasteiger partial charge in [-0.1, -0.05) is 19.3 Å². The monoisotopic (exact) mass is 292 g/mol. The molecule has 1 aromatic rings. The molecular formula is C14H16N2O5. The van der Waals surface area contributed by atoms with Crippen molar-refractivity contribution >= 4 is 17.6 Å². The SMILES string of the molecule is O=C(O)c1cc(C(=O)NC2CCCCC2)cc([N+](=O)[O-])c1. The number of benzene rings is 1. The minimum Gasteiger partial charge on any atom is -0.478 e. The first-order chi connectivity index (χ1) is 9.97. The van der Waals surface area contributed by atoms with Gasteiger partial charge in [0.1, 0.15) is 0 Å². The van der Waals surface area contributed by atoms with Crippen molar-refractivity contribution in [1.82, 2.24) is 5.32 Å². The second-order valence-corrected chi connectivity index (χ2v) is 5.14. The Morgan fingerprint density at radius 3 is 2.33 bits per heavy atom. The van der Waals surface area contributed by atoms with Gasteiger partial charge in [0.05, 0.1) is 10.5 Å². The fourth-order valence-electron chi connectivity index (χ4n) is 2.49. The molecule has 2 N–H and O–H groups in total. The predicted molar refractivity (Wildman–Crippen MR) is 74.4 cm³/mol. The Balaban J connectivity index is 2.22. The van der Waals surface area contributed by atoms with Gasteiger partial charge in [-0.25, -0.2) is 4.79 Å². The third kappa shape index (κ3) is 3.77. The molecule has 2 rings (SSSR count). The highest BCUT2D eigenvalue weighted by atomic mass is 16.6. The molecule has 1 amide bonds. The molecule has 112 valence electrons. The van der Waals surface area contributed by atoms with Crippen LogP contribution < -0.4 is 5.32 Å². The van der Waals surface area contributed by atoms with E-state index in [1.807, 2.05) is 0 Å². The van der Waals surface area contributed by atoms with Crippen molar-refractivity contribution in [3.05, 3.63) is 39.4 Å². The van der Waals surface area contributed by atoms with Crippen LogP contribution in [0.3, 0.4) is 0 Å². The van der Waals surface area contributed by atoms with Crippen LogP contribution in [0.2, 0.25) is 0 Å². The molecule has 1 fully saturated rings. The van der Waals surface area contributed by atoms with Crippen molar-refractivity contribution in [3.8, 4) is 0 Å². The highest BCUT2D eigenvalue weighted by molar-refractivity contribution is 5.98. The number of nitro benzene ring substituents is 1. The fourth-order valence-corrected chi connectivity index (χ4v) is 2.49. The summed E-state index contributed by atoms with van der Waals surface area (Å²) in [4.78, 5) is 33.2. The molecule has 1 aromatic carbocycles. The Morgan fingerprint density at radius 1 is 1.14 bits per heavy atom. The Bertz CT molecular complexity index is 546. The molecule has 21 heavy (non-hydrogen) atoms. The van der Waals surface area contributed by atoms with Crippen LogP contribution in [-0.2, 0) is 0 Å². The normalized spacial score (nSPS) is 15.4. The van der Waals surface area contributed by atoms with Crippen molar-refractivity contribution in [1.29, 1.82) is 0 Å². The number of amides is 1. The maximum absolute atomic E-state index is 12.1. The topological polar surface area (TPSA) is 110 Å². The van der Waals surface area contributed by atoms with Gasteiger partial charge in [-0.05, 0) is 18.9 Å². The number of carbonyl (C=O) groups is 2. The summed E-state index contributed by atoms with van der Waals surface area (Å²) in [6.45, 7) is 0. The van der Waals surface area contributed by atoms with Gasteiger partial charge in [-0.3, -0.25) is 14.9 Å². The summed E-state index contributed by atoms with van der Waals surface area (Å²) in [6, 6.07) is 3.26. The maximum atomic E-state index is 12.1. The van der Waals surface area contributed by atoms with E-state index < -0.39 is 22.5 Å². The standard InChI is InChI=1S/C14H16N2O5/c17-13(15-11-4-2-1-3-5-11)9-6-10(14(18)19)8-12(7-9)16(20)21/h6-8,11H,1-5H2,(H,15,17)(H,18,19). The molecule has 0 saturated heterocycles. The lowest BCUT2D eigenvalue weighted by Gasteiger charge is -2.22. The van der Waals surface area contributed by atoms with Crippen LogP contribution in [0.4, 0.5) is 5.69 Å². The fraction of sp³-hybridized carbons (Fsp3) is 0.429. The van der Waals surface area contributed by atoms with E-state index in [1.54, 1.807) is 0 Å². The van der Waals surface area contributed by atoms with Crippen LogP contribution in [0.15, 0.2) is 18.2 Å². The largest absolute Gasteiger partial charge is 0.478 e. The van der Waals surface area contributed by atoms with Crippen LogP contribution in [0.5, 0.6) is 0 Å². The lowest BCUT2D eigenvalue weighted by molar-refractivity contribution is -0.384. The lowest BCUT2D eigenvalue weighted by atomic mass is 9.95. The number of nitrogens with zero attached hydrogens (tertiary/aromatic N) is 1. The van der Waals surface area contributed by atoms with E-state index in [0.717, 1.165) is 50.3 Å². The molecule has 1 aliphatic rings. The van der Waals surface area contributed by atoms with Gasteiger partial charge in [-0.15, -0.1) is 0 Å². The van der Waals surface area contributed by atoms with E-state index in [4.69, 9.17) is 5.11 Å². The molecular weight excluding hydrogens is 276 g/mol. The summed E-state index contributed by atoms with van der Waals surface area (Å²) in [7, 11) is 0. The van der Waals surface area contributed by atoms with Gasteiger partial charge in [0.25, 0.3) is 11.6 Å². The molecule has 7 nitrogen and oxygen atoms in total. The van der Waals surface area contributed by atoms with Gasteiger partial charge in [0.15, 0.2) is 0 Å². The Morgan fingerprint density at radius 2 is 1.76 bits per heavy atom. The minimum absolute atomic E-state index is 0.00664. The highest BCUT2D eigenvalue weighted by Gasteiger charge is 2.20. The molecule has 0 heterocycles. The van der Waals surface area contributed by atoms with Crippen LogP contribution >= 0.6 is 0 Å². The van der Waals surface area contributed by atoms with Gasteiger partial charge < -0.3 is 10.4 Å². The number of nitrogens with one attached hydrogen (secondary N) is 1. The van der Waals surface area contributed by atoms with Crippen LogP contribution in [-0.4, -0.2) is 27.9 Å². The Kier molecular flexibility index (Phi) is 4.52. The van der Waals surface area contributed by atoms with Gasteiger partial charge >= 0.3 is 5.97 Å². The molecule has 0 bridgehead atoms. The first kappa shape index (κ1) is 15.0. The second-order valence-electron chi connectivity index (χ2n) is 5.14. The molecule has 1 saturated carbocycles. The third-order valence-electron chi connectivity index (χ3n) is 3.58. The van der Waals surface area contributed by atoms with Crippen molar-refractivity contribution in [2.24, 2.45) is 0 Å². The summed E-state index contributed by atoms with van der Waals surface area (Å²) >= 11 is 0. The third-order valence-corrected chi connectivity index (χ3v) is 3.58. The van der Waals surface area contributed by atoms with Gasteiger partial charge in [-0.2, -0.15) is 0 Å². The summed E-state index contributed by atoms with van der Waals surface area (Å²) in [5.74, 6) is -1.77. The first-order valence-corrected chi connectivity index (χ1v) is 6.81. The van der Waals surface area contributed by atoms with Crippen LogP contribution in [0.1, 0.15) is 52.8 Å². The average Bonchev–Trinajstić information content (AvgIpc) is 2.47. The zero-order valence-electron chi connectivity index (χ0n) is 11.4. The maximum Gasteiger partial charge on any atom is 0.335 e. The summed E-state index contributed by atoms with van der Waals surface area (Å²) in [5, 5.41) is 22.6. The van der Waals surface area contributed by atoms with E-state index in [-0.39, 0.29) is 17.2 Å². The minimum atomic E-state index is -1.30. The second kappa shape index (κ2) is 6.34. The number of non-ortho nitro benzene ring substituents is 1. The quantitative estimate of drug-likeness (QED) is 0.654. The number of carbonyl (C=O) groups excluding carboxylic acids is 1. The lowest BCUT2D eigenvalue weighted by Crippen LogP contribution is -2.36. The number of rotatable bonds is 4. The summed E-state index contributed by atoms with van der Waals surface area (Å²) in [6.07, 6.45) is 4.99. The number of hydrogen-bond donors (Lipinski definition) is 2. The number of carboxylic acids is 1. The molecule has 0 aliphatic heterocycles.